The Balaban J connectivity index is 1.78. The lowest BCUT2D eigenvalue weighted by Gasteiger charge is -2.25. The van der Waals surface area contributed by atoms with Crippen LogP contribution >= 0.6 is 11.3 Å². The Morgan fingerprint density at radius 2 is 2.25 bits per heavy atom. The number of benzene rings is 1. The highest BCUT2D eigenvalue weighted by molar-refractivity contribution is 7.17. The van der Waals surface area contributed by atoms with Crippen LogP contribution in [0.1, 0.15) is 17.0 Å². The Morgan fingerprint density at radius 3 is 3.15 bits per heavy atom. The first-order valence-corrected chi connectivity index (χ1v) is 7.65. The van der Waals surface area contributed by atoms with Gasteiger partial charge in [-0.3, -0.25) is 9.30 Å². The van der Waals surface area contributed by atoms with Crippen LogP contribution in [0.5, 0.6) is 0 Å². The van der Waals surface area contributed by atoms with Crippen LogP contribution in [0.15, 0.2) is 24.3 Å². The molecule has 0 fully saturated rings. The van der Waals surface area contributed by atoms with E-state index in [0.717, 1.165) is 36.5 Å². The smallest absolute Gasteiger partial charge is 0.195 e. The molecule has 1 aliphatic rings. The molecule has 0 saturated carbocycles. The number of fused-ring (bicyclic) bond motifs is 5. The van der Waals surface area contributed by atoms with Gasteiger partial charge in [-0.2, -0.15) is 5.26 Å². The fourth-order valence-electron chi connectivity index (χ4n) is 2.95. The predicted octanol–water partition coefficient (Wildman–Crippen LogP) is 2.82. The standard InChI is InChI=1S/C15H14N4S/c16-7-3-8-18-9-6-13-14(10-18)20-15-17-11-4-1-2-5-12(11)19(13)15/h1-2,4-5H,3,6,8-10H2. The molecule has 0 atom stereocenters. The van der Waals surface area contributed by atoms with Gasteiger partial charge in [0, 0.05) is 43.0 Å². The van der Waals surface area contributed by atoms with Crippen molar-refractivity contribution in [3.05, 3.63) is 34.8 Å². The minimum atomic E-state index is 0.612. The summed E-state index contributed by atoms with van der Waals surface area (Å²) in [5.74, 6) is 0. The van der Waals surface area contributed by atoms with Gasteiger partial charge in [0.2, 0.25) is 0 Å². The largest absolute Gasteiger partial charge is 0.297 e. The third-order valence-electron chi connectivity index (χ3n) is 3.91. The van der Waals surface area contributed by atoms with Gasteiger partial charge in [0.1, 0.15) is 0 Å². The lowest BCUT2D eigenvalue weighted by Crippen LogP contribution is -2.31. The van der Waals surface area contributed by atoms with Crippen LogP contribution in [-0.4, -0.2) is 27.4 Å². The fraction of sp³-hybridized carbons (Fsp3) is 0.333. The number of aromatic nitrogens is 2. The first-order valence-electron chi connectivity index (χ1n) is 6.84. The Hall–Kier alpha value is -1.90. The molecular formula is C15H14N4S. The van der Waals surface area contributed by atoms with Crippen molar-refractivity contribution in [3.8, 4) is 6.07 Å². The molecule has 100 valence electrons. The molecule has 0 saturated heterocycles. The number of imidazole rings is 1. The number of nitriles is 1. The molecule has 3 heterocycles. The number of nitrogens with zero attached hydrogens (tertiary/aromatic N) is 4. The summed E-state index contributed by atoms with van der Waals surface area (Å²) in [7, 11) is 0. The van der Waals surface area contributed by atoms with E-state index in [1.807, 2.05) is 6.07 Å². The normalized spacial score (nSPS) is 15.6. The quantitative estimate of drug-likeness (QED) is 0.726. The first kappa shape index (κ1) is 11.9. The van der Waals surface area contributed by atoms with Crippen LogP contribution in [0.3, 0.4) is 0 Å². The van der Waals surface area contributed by atoms with Crippen molar-refractivity contribution in [1.82, 2.24) is 14.3 Å². The number of para-hydroxylation sites is 2. The second kappa shape index (κ2) is 4.58. The highest BCUT2D eigenvalue weighted by Gasteiger charge is 2.22. The van der Waals surface area contributed by atoms with E-state index < -0.39 is 0 Å². The number of hydrogen-bond donors (Lipinski definition) is 0. The molecule has 1 aliphatic heterocycles. The van der Waals surface area contributed by atoms with Crippen molar-refractivity contribution >= 4 is 27.3 Å². The maximum absolute atomic E-state index is 8.70. The Labute approximate surface area is 120 Å². The lowest BCUT2D eigenvalue weighted by molar-refractivity contribution is 0.261. The third-order valence-corrected chi connectivity index (χ3v) is 4.98. The second-order valence-corrected chi connectivity index (χ2v) is 6.19. The topological polar surface area (TPSA) is 44.3 Å². The van der Waals surface area contributed by atoms with E-state index in [0.29, 0.717) is 6.42 Å². The maximum Gasteiger partial charge on any atom is 0.195 e. The van der Waals surface area contributed by atoms with Crippen molar-refractivity contribution in [2.24, 2.45) is 0 Å². The molecule has 4 nitrogen and oxygen atoms in total. The van der Waals surface area contributed by atoms with Gasteiger partial charge in [0.05, 0.1) is 17.1 Å². The molecule has 3 aromatic rings. The van der Waals surface area contributed by atoms with Crippen LogP contribution in [-0.2, 0) is 13.0 Å². The molecular weight excluding hydrogens is 268 g/mol. The molecule has 0 aliphatic carbocycles. The Kier molecular flexibility index (Phi) is 2.72. The summed E-state index contributed by atoms with van der Waals surface area (Å²) in [6.07, 6.45) is 1.65. The zero-order valence-electron chi connectivity index (χ0n) is 11.0. The van der Waals surface area contributed by atoms with Crippen LogP contribution in [0, 0.1) is 11.3 Å². The van der Waals surface area contributed by atoms with Crippen LogP contribution in [0.25, 0.3) is 16.0 Å². The van der Waals surface area contributed by atoms with Crippen molar-refractivity contribution in [2.45, 2.75) is 19.4 Å². The highest BCUT2D eigenvalue weighted by Crippen LogP contribution is 2.31. The second-order valence-electron chi connectivity index (χ2n) is 5.12. The average Bonchev–Trinajstić information content (AvgIpc) is 2.99. The molecule has 1 aromatic carbocycles. The van der Waals surface area contributed by atoms with E-state index in [9.17, 15) is 0 Å². The molecule has 0 radical (unpaired) electrons. The monoisotopic (exact) mass is 282 g/mol. The summed E-state index contributed by atoms with van der Waals surface area (Å²) in [6.45, 7) is 2.86. The van der Waals surface area contributed by atoms with Crippen molar-refractivity contribution < 1.29 is 0 Å². The van der Waals surface area contributed by atoms with Crippen molar-refractivity contribution in [1.29, 1.82) is 5.26 Å². The van der Waals surface area contributed by atoms with Gasteiger partial charge in [0.15, 0.2) is 4.96 Å². The van der Waals surface area contributed by atoms with Gasteiger partial charge in [-0.25, -0.2) is 4.98 Å². The van der Waals surface area contributed by atoms with Crippen LogP contribution in [0.2, 0.25) is 0 Å². The predicted molar refractivity (Wildman–Crippen MR) is 79.8 cm³/mol. The highest BCUT2D eigenvalue weighted by atomic mass is 32.1. The van der Waals surface area contributed by atoms with Gasteiger partial charge >= 0.3 is 0 Å². The summed E-state index contributed by atoms with van der Waals surface area (Å²) in [5.41, 5.74) is 3.70. The molecule has 0 spiro atoms. The van der Waals surface area contributed by atoms with Gasteiger partial charge < -0.3 is 0 Å². The first-order chi connectivity index (χ1) is 9.86. The van der Waals surface area contributed by atoms with Gasteiger partial charge in [-0.05, 0) is 12.1 Å². The lowest BCUT2D eigenvalue weighted by atomic mass is 10.1. The van der Waals surface area contributed by atoms with Crippen LogP contribution < -0.4 is 0 Å². The van der Waals surface area contributed by atoms with Gasteiger partial charge in [0.25, 0.3) is 0 Å². The zero-order valence-corrected chi connectivity index (χ0v) is 11.9. The van der Waals surface area contributed by atoms with E-state index in [2.05, 4.69) is 33.6 Å². The van der Waals surface area contributed by atoms with E-state index >= 15 is 0 Å². The van der Waals surface area contributed by atoms with Crippen LogP contribution in [0.4, 0.5) is 0 Å². The van der Waals surface area contributed by atoms with E-state index in [-0.39, 0.29) is 0 Å². The van der Waals surface area contributed by atoms with Crippen molar-refractivity contribution in [2.75, 3.05) is 13.1 Å². The summed E-state index contributed by atoms with van der Waals surface area (Å²) in [6, 6.07) is 10.6. The minimum absolute atomic E-state index is 0.612. The summed E-state index contributed by atoms with van der Waals surface area (Å²) < 4.78 is 2.32. The van der Waals surface area contributed by atoms with E-state index in [4.69, 9.17) is 10.2 Å². The average molecular weight is 282 g/mol. The summed E-state index contributed by atoms with van der Waals surface area (Å²) in [4.78, 5) is 9.58. The SMILES string of the molecule is N#CCCN1CCc2c(sc3nc4ccccc4n23)C1. The minimum Gasteiger partial charge on any atom is -0.297 e. The molecule has 0 N–H and O–H groups in total. The fourth-order valence-corrected chi connectivity index (χ4v) is 4.17. The number of rotatable bonds is 2. The molecule has 5 heteroatoms. The molecule has 4 rings (SSSR count). The molecule has 0 bridgehead atoms. The molecule has 0 amide bonds. The molecule has 20 heavy (non-hydrogen) atoms. The number of hydrogen-bond acceptors (Lipinski definition) is 4. The van der Waals surface area contributed by atoms with Gasteiger partial charge in [-0.15, -0.1) is 0 Å². The Bertz CT molecular complexity index is 823. The van der Waals surface area contributed by atoms with E-state index in [1.165, 1.54) is 16.1 Å². The van der Waals surface area contributed by atoms with Gasteiger partial charge in [-0.1, -0.05) is 23.5 Å². The molecule has 0 unspecified atom stereocenters. The summed E-state index contributed by atoms with van der Waals surface area (Å²) in [5, 5.41) is 8.70. The van der Waals surface area contributed by atoms with E-state index in [1.54, 1.807) is 11.3 Å². The molecule has 2 aromatic heterocycles. The van der Waals surface area contributed by atoms with Crippen molar-refractivity contribution in [3.63, 3.8) is 0 Å². The zero-order chi connectivity index (χ0) is 13.5. The third kappa shape index (κ3) is 1.73. The maximum atomic E-state index is 8.70. The summed E-state index contributed by atoms with van der Waals surface area (Å²) >= 11 is 1.79. The Morgan fingerprint density at radius 1 is 1.35 bits per heavy atom. The number of thiazole rings is 1.